The summed E-state index contributed by atoms with van der Waals surface area (Å²) in [6.07, 6.45) is 0. The van der Waals surface area contributed by atoms with Crippen LogP contribution in [0.3, 0.4) is 0 Å². The number of hydrogen-bond acceptors (Lipinski definition) is 5. The lowest BCUT2D eigenvalue weighted by Gasteiger charge is -2.17. The minimum atomic E-state index is -0.803. The van der Waals surface area contributed by atoms with Gasteiger partial charge in [-0.2, -0.15) is 0 Å². The zero-order valence-corrected chi connectivity index (χ0v) is 19.9. The summed E-state index contributed by atoms with van der Waals surface area (Å²) in [6, 6.07) is 15.0. The molecule has 3 N–H and O–H groups in total. The fourth-order valence-corrected chi connectivity index (χ4v) is 4.01. The highest BCUT2D eigenvalue weighted by molar-refractivity contribution is 6.54. The lowest BCUT2D eigenvalue weighted by Crippen LogP contribution is -2.32. The van der Waals surface area contributed by atoms with Crippen LogP contribution >= 0.6 is 46.4 Å². The summed E-state index contributed by atoms with van der Waals surface area (Å²) in [4.78, 5) is 39.2. The van der Waals surface area contributed by atoms with E-state index >= 15 is 0 Å². The van der Waals surface area contributed by atoms with Crippen LogP contribution in [0.15, 0.2) is 71.4 Å². The number of aromatic hydroxyl groups is 1. The summed E-state index contributed by atoms with van der Waals surface area (Å²) < 4.78 is 0. The van der Waals surface area contributed by atoms with E-state index in [2.05, 4.69) is 10.6 Å². The van der Waals surface area contributed by atoms with Gasteiger partial charge in [-0.05, 0) is 42.5 Å². The average molecular weight is 537 g/mol. The molecule has 0 atom stereocenters. The molecule has 172 valence electrons. The molecule has 0 bridgehead atoms. The van der Waals surface area contributed by atoms with Crippen LogP contribution in [-0.2, 0) is 9.59 Å². The molecular formula is C23H13Cl4N3O4. The number of nitrogens with zero attached hydrogens (tertiary/aromatic N) is 1. The van der Waals surface area contributed by atoms with E-state index in [1.807, 2.05) is 0 Å². The Balaban J connectivity index is 1.58. The summed E-state index contributed by atoms with van der Waals surface area (Å²) in [5.74, 6) is -2.15. The Morgan fingerprint density at radius 1 is 0.824 bits per heavy atom. The zero-order chi connectivity index (χ0) is 24.6. The van der Waals surface area contributed by atoms with Crippen molar-refractivity contribution in [2.24, 2.45) is 0 Å². The Morgan fingerprint density at radius 3 is 2.26 bits per heavy atom. The number of phenolic OH excluding ortho intramolecular Hbond substituents is 1. The van der Waals surface area contributed by atoms with E-state index in [1.165, 1.54) is 24.3 Å². The van der Waals surface area contributed by atoms with Crippen LogP contribution < -0.4 is 15.5 Å². The molecule has 34 heavy (non-hydrogen) atoms. The number of carbonyl (C=O) groups is 3. The Hall–Kier alpha value is -3.23. The van der Waals surface area contributed by atoms with Crippen LogP contribution in [0.25, 0.3) is 0 Å². The molecule has 3 amide bonds. The third-order valence-electron chi connectivity index (χ3n) is 4.80. The summed E-state index contributed by atoms with van der Waals surface area (Å²) in [5, 5.41) is 15.2. The van der Waals surface area contributed by atoms with E-state index in [1.54, 1.807) is 36.4 Å². The fraction of sp³-hybridized carbons (Fsp3) is 0. The quantitative estimate of drug-likeness (QED) is 0.210. The molecule has 0 aliphatic carbocycles. The number of hydrogen-bond donors (Lipinski definition) is 3. The predicted molar refractivity (Wildman–Crippen MR) is 133 cm³/mol. The summed E-state index contributed by atoms with van der Waals surface area (Å²) in [5.41, 5.74) is 0.610. The molecule has 1 heterocycles. The fourth-order valence-electron chi connectivity index (χ4n) is 3.17. The van der Waals surface area contributed by atoms with Gasteiger partial charge < -0.3 is 15.7 Å². The van der Waals surface area contributed by atoms with Crippen LogP contribution in [0.1, 0.15) is 10.4 Å². The van der Waals surface area contributed by atoms with Crippen molar-refractivity contribution in [3.8, 4) is 5.75 Å². The van der Waals surface area contributed by atoms with Crippen molar-refractivity contribution in [3.05, 3.63) is 92.0 Å². The van der Waals surface area contributed by atoms with E-state index in [9.17, 15) is 19.5 Å². The topological polar surface area (TPSA) is 98.7 Å². The smallest absolute Gasteiger partial charge is 0.283 e. The number of imide groups is 1. The molecule has 0 fully saturated rings. The summed E-state index contributed by atoms with van der Waals surface area (Å²) in [6.45, 7) is 0. The number of anilines is 3. The van der Waals surface area contributed by atoms with Gasteiger partial charge in [0, 0.05) is 11.3 Å². The van der Waals surface area contributed by atoms with Gasteiger partial charge in [0.15, 0.2) is 0 Å². The number of phenols is 1. The highest BCUT2D eigenvalue weighted by Gasteiger charge is 2.40. The van der Waals surface area contributed by atoms with Crippen molar-refractivity contribution in [1.82, 2.24) is 0 Å². The monoisotopic (exact) mass is 535 g/mol. The number of rotatable bonds is 5. The van der Waals surface area contributed by atoms with Gasteiger partial charge in [0.2, 0.25) is 0 Å². The zero-order valence-electron chi connectivity index (χ0n) is 16.9. The second-order valence-electron chi connectivity index (χ2n) is 7.03. The first-order valence-corrected chi connectivity index (χ1v) is 11.1. The van der Waals surface area contributed by atoms with Crippen molar-refractivity contribution >= 4 is 81.2 Å². The molecule has 4 rings (SSSR count). The van der Waals surface area contributed by atoms with Crippen LogP contribution in [0, 0.1) is 0 Å². The maximum absolute atomic E-state index is 13.0. The number of carbonyl (C=O) groups excluding carboxylic acids is 3. The van der Waals surface area contributed by atoms with Crippen molar-refractivity contribution in [3.63, 3.8) is 0 Å². The van der Waals surface area contributed by atoms with Gasteiger partial charge in [-0.3, -0.25) is 14.4 Å². The first kappa shape index (κ1) is 23.9. The Morgan fingerprint density at radius 2 is 1.53 bits per heavy atom. The Labute approximate surface area is 213 Å². The van der Waals surface area contributed by atoms with Crippen LogP contribution in [0.4, 0.5) is 17.1 Å². The highest BCUT2D eigenvalue weighted by Crippen LogP contribution is 2.38. The minimum absolute atomic E-state index is 0.0248. The van der Waals surface area contributed by atoms with Gasteiger partial charge in [-0.25, -0.2) is 4.90 Å². The second-order valence-corrected chi connectivity index (χ2v) is 8.63. The standard InChI is InChI=1S/C23H13Cl4N3O4/c24-13-9-15(26)17(10-14(13)25)30-22(33)19(27)20(23(30)34)28-12-5-3-4-11(8-12)21(32)29-16-6-1-2-7-18(16)31/h1-10,28,31H,(H,29,32). The van der Waals surface area contributed by atoms with Crippen LogP contribution in [0.5, 0.6) is 5.75 Å². The number of para-hydroxylation sites is 2. The molecule has 0 aromatic heterocycles. The SMILES string of the molecule is O=C(Nc1ccccc1O)c1cccc(NC2=C(Cl)C(=O)N(c3cc(Cl)c(Cl)cc3Cl)C2=O)c1. The molecule has 0 radical (unpaired) electrons. The lowest BCUT2D eigenvalue weighted by atomic mass is 10.1. The second kappa shape index (κ2) is 9.56. The van der Waals surface area contributed by atoms with Gasteiger partial charge in [0.25, 0.3) is 17.7 Å². The average Bonchev–Trinajstić information content (AvgIpc) is 3.01. The maximum Gasteiger partial charge on any atom is 0.283 e. The molecule has 7 nitrogen and oxygen atoms in total. The molecule has 0 unspecified atom stereocenters. The lowest BCUT2D eigenvalue weighted by molar-refractivity contribution is -0.120. The summed E-state index contributed by atoms with van der Waals surface area (Å²) >= 11 is 24.3. The summed E-state index contributed by atoms with van der Waals surface area (Å²) in [7, 11) is 0. The largest absolute Gasteiger partial charge is 0.506 e. The third kappa shape index (κ3) is 4.56. The Kier molecular flexibility index (Phi) is 6.72. The predicted octanol–water partition coefficient (Wildman–Crippen LogP) is 6.04. The first-order chi connectivity index (χ1) is 16.2. The van der Waals surface area contributed by atoms with E-state index in [0.717, 1.165) is 4.90 Å². The number of nitrogens with one attached hydrogen (secondary N) is 2. The number of amides is 3. The van der Waals surface area contributed by atoms with E-state index in [4.69, 9.17) is 46.4 Å². The van der Waals surface area contributed by atoms with Crippen molar-refractivity contribution in [2.45, 2.75) is 0 Å². The molecule has 3 aromatic carbocycles. The molecule has 11 heteroatoms. The van der Waals surface area contributed by atoms with E-state index < -0.39 is 17.7 Å². The van der Waals surface area contributed by atoms with Gasteiger partial charge in [-0.1, -0.05) is 64.6 Å². The molecule has 0 spiro atoms. The van der Waals surface area contributed by atoms with Gasteiger partial charge in [0.1, 0.15) is 16.5 Å². The molecule has 0 saturated heterocycles. The molecular weight excluding hydrogens is 524 g/mol. The van der Waals surface area contributed by atoms with Crippen LogP contribution in [-0.4, -0.2) is 22.8 Å². The van der Waals surface area contributed by atoms with Gasteiger partial charge in [0.05, 0.1) is 26.4 Å². The Bertz CT molecular complexity index is 1390. The number of benzene rings is 3. The van der Waals surface area contributed by atoms with Gasteiger partial charge in [-0.15, -0.1) is 0 Å². The first-order valence-electron chi connectivity index (χ1n) is 9.57. The molecule has 0 saturated carbocycles. The van der Waals surface area contributed by atoms with Crippen molar-refractivity contribution in [1.29, 1.82) is 0 Å². The molecule has 1 aliphatic rings. The third-order valence-corrected chi connectivity index (χ3v) is 6.18. The molecule has 1 aliphatic heterocycles. The maximum atomic E-state index is 13.0. The number of halogens is 4. The van der Waals surface area contributed by atoms with E-state index in [-0.39, 0.29) is 48.5 Å². The normalized spacial score (nSPS) is 13.5. The van der Waals surface area contributed by atoms with Crippen molar-refractivity contribution < 1.29 is 19.5 Å². The highest BCUT2D eigenvalue weighted by atomic mass is 35.5. The van der Waals surface area contributed by atoms with Crippen LogP contribution in [0.2, 0.25) is 15.1 Å². The van der Waals surface area contributed by atoms with Crippen molar-refractivity contribution in [2.75, 3.05) is 15.5 Å². The minimum Gasteiger partial charge on any atom is -0.506 e. The van der Waals surface area contributed by atoms with E-state index in [0.29, 0.717) is 5.69 Å². The molecule has 3 aromatic rings. The van der Waals surface area contributed by atoms with Gasteiger partial charge >= 0.3 is 0 Å².